The van der Waals surface area contributed by atoms with E-state index in [1.807, 2.05) is 42.5 Å². The summed E-state index contributed by atoms with van der Waals surface area (Å²) in [4.78, 5) is 14.2. The fourth-order valence-corrected chi connectivity index (χ4v) is 2.44. The van der Waals surface area contributed by atoms with Gasteiger partial charge >= 0.3 is 0 Å². The van der Waals surface area contributed by atoms with Gasteiger partial charge in [-0.15, -0.1) is 12.4 Å². The lowest BCUT2D eigenvalue weighted by Crippen LogP contribution is -2.50. The number of benzene rings is 2. The minimum Gasteiger partial charge on any atom is -0.492 e. The number of hydrogen-bond donors (Lipinski definition) is 1. The van der Waals surface area contributed by atoms with Crippen LogP contribution in [0.3, 0.4) is 0 Å². The minimum atomic E-state index is -1.06. The van der Waals surface area contributed by atoms with Gasteiger partial charge in [-0.3, -0.25) is 4.79 Å². The van der Waals surface area contributed by atoms with Crippen molar-refractivity contribution in [3.8, 4) is 5.75 Å². The largest absolute Gasteiger partial charge is 0.492 e. The summed E-state index contributed by atoms with van der Waals surface area (Å²) in [6.07, 6.45) is 0. The Morgan fingerprint density at radius 2 is 1.88 bits per heavy atom. The van der Waals surface area contributed by atoms with Gasteiger partial charge in [0.05, 0.1) is 6.54 Å². The van der Waals surface area contributed by atoms with Crippen LogP contribution in [0.1, 0.15) is 12.5 Å². The SMILES string of the molecule is CN(CCOc1cccc(Cl)c1)C(=O)C(C)(N)c1ccccc1.Cl. The molecule has 0 aliphatic carbocycles. The number of rotatable bonds is 6. The van der Waals surface area contributed by atoms with E-state index >= 15 is 0 Å². The molecule has 4 nitrogen and oxygen atoms in total. The summed E-state index contributed by atoms with van der Waals surface area (Å²) in [6, 6.07) is 16.5. The molecule has 2 rings (SSSR count). The number of ether oxygens (including phenoxy) is 1. The number of hydrogen-bond acceptors (Lipinski definition) is 3. The number of nitrogens with two attached hydrogens (primary N) is 1. The van der Waals surface area contributed by atoms with Crippen molar-refractivity contribution in [3.05, 3.63) is 65.2 Å². The fourth-order valence-electron chi connectivity index (χ4n) is 2.26. The smallest absolute Gasteiger partial charge is 0.246 e. The van der Waals surface area contributed by atoms with Crippen LogP contribution in [0.15, 0.2) is 54.6 Å². The maximum absolute atomic E-state index is 12.6. The van der Waals surface area contributed by atoms with Crippen LogP contribution in [-0.2, 0) is 10.3 Å². The van der Waals surface area contributed by atoms with Crippen LogP contribution in [0.5, 0.6) is 5.75 Å². The summed E-state index contributed by atoms with van der Waals surface area (Å²) in [6.45, 7) is 2.53. The third-order valence-electron chi connectivity index (χ3n) is 3.66. The quantitative estimate of drug-likeness (QED) is 0.848. The minimum absolute atomic E-state index is 0. The van der Waals surface area contributed by atoms with Gasteiger partial charge in [-0.1, -0.05) is 48.0 Å². The number of amides is 1. The van der Waals surface area contributed by atoms with E-state index in [-0.39, 0.29) is 18.3 Å². The lowest BCUT2D eigenvalue weighted by Gasteiger charge is -2.29. The van der Waals surface area contributed by atoms with Crippen LogP contribution in [0, 0.1) is 0 Å². The van der Waals surface area contributed by atoms with Gasteiger partial charge in [-0.05, 0) is 30.7 Å². The van der Waals surface area contributed by atoms with Crippen molar-refractivity contribution < 1.29 is 9.53 Å². The van der Waals surface area contributed by atoms with E-state index in [0.29, 0.717) is 23.9 Å². The number of carbonyl (C=O) groups is 1. The highest BCUT2D eigenvalue weighted by Crippen LogP contribution is 2.20. The molecule has 2 N–H and O–H groups in total. The number of halogens is 2. The number of carbonyl (C=O) groups excluding carboxylic acids is 1. The zero-order valence-corrected chi connectivity index (χ0v) is 15.3. The maximum Gasteiger partial charge on any atom is 0.246 e. The number of nitrogens with zero attached hydrogens (tertiary/aromatic N) is 1. The maximum atomic E-state index is 12.6. The molecule has 0 bridgehead atoms. The Balaban J connectivity index is 0.00000288. The Morgan fingerprint density at radius 1 is 1.21 bits per heavy atom. The van der Waals surface area contributed by atoms with Gasteiger partial charge in [0, 0.05) is 12.1 Å². The van der Waals surface area contributed by atoms with Crippen LogP contribution in [-0.4, -0.2) is 31.0 Å². The Hall–Kier alpha value is -1.75. The molecule has 2 aromatic carbocycles. The molecule has 0 saturated carbocycles. The molecule has 24 heavy (non-hydrogen) atoms. The van der Waals surface area contributed by atoms with Crippen molar-refractivity contribution in [1.29, 1.82) is 0 Å². The third kappa shape index (κ3) is 5.13. The molecule has 0 spiro atoms. The standard InChI is InChI=1S/C18H21ClN2O2.ClH/c1-18(20,14-7-4-3-5-8-14)17(22)21(2)11-12-23-16-10-6-9-15(19)13-16;/h3-10,13H,11-12,20H2,1-2H3;1H. The summed E-state index contributed by atoms with van der Waals surface area (Å²) >= 11 is 5.90. The first-order valence-corrected chi connectivity index (χ1v) is 7.77. The molecule has 1 amide bonds. The Kier molecular flexibility index (Phi) is 7.55. The van der Waals surface area contributed by atoms with Crippen LogP contribution in [0.4, 0.5) is 0 Å². The van der Waals surface area contributed by atoms with Crippen molar-refractivity contribution in [2.75, 3.05) is 20.2 Å². The normalized spacial score (nSPS) is 12.7. The molecule has 0 radical (unpaired) electrons. The summed E-state index contributed by atoms with van der Waals surface area (Å²) in [7, 11) is 1.72. The predicted octanol–water partition coefficient (Wildman–Crippen LogP) is 3.47. The molecular formula is C18H22Cl2N2O2. The molecule has 0 saturated heterocycles. The summed E-state index contributed by atoms with van der Waals surface area (Å²) in [5.41, 5.74) is 5.96. The fraction of sp³-hybridized carbons (Fsp3) is 0.278. The first-order valence-electron chi connectivity index (χ1n) is 7.39. The van der Waals surface area contributed by atoms with E-state index in [2.05, 4.69) is 0 Å². The second kappa shape index (κ2) is 8.92. The molecule has 6 heteroatoms. The zero-order chi connectivity index (χ0) is 16.9. The molecule has 1 atom stereocenters. The van der Waals surface area contributed by atoms with Crippen molar-refractivity contribution in [2.24, 2.45) is 5.73 Å². The van der Waals surface area contributed by atoms with Gasteiger partial charge in [-0.2, -0.15) is 0 Å². The van der Waals surface area contributed by atoms with Gasteiger partial charge < -0.3 is 15.4 Å². The summed E-state index contributed by atoms with van der Waals surface area (Å²) in [5, 5.41) is 0.616. The highest BCUT2D eigenvalue weighted by atomic mass is 35.5. The topological polar surface area (TPSA) is 55.6 Å². The average molecular weight is 369 g/mol. The molecule has 1 unspecified atom stereocenters. The molecule has 0 fully saturated rings. The second-order valence-electron chi connectivity index (χ2n) is 5.60. The van der Waals surface area contributed by atoms with Crippen molar-refractivity contribution in [1.82, 2.24) is 4.90 Å². The van der Waals surface area contributed by atoms with E-state index in [1.165, 1.54) is 0 Å². The summed E-state index contributed by atoms with van der Waals surface area (Å²) in [5.74, 6) is 0.523. The van der Waals surface area contributed by atoms with Gasteiger partial charge in [0.1, 0.15) is 17.9 Å². The molecule has 130 valence electrons. The first kappa shape index (κ1) is 20.3. The molecule has 0 aliphatic heterocycles. The first-order chi connectivity index (χ1) is 10.9. The lowest BCUT2D eigenvalue weighted by molar-refractivity contribution is -0.135. The highest BCUT2D eigenvalue weighted by molar-refractivity contribution is 6.30. The van der Waals surface area contributed by atoms with Crippen LogP contribution >= 0.6 is 24.0 Å². The molecule has 0 aromatic heterocycles. The van der Waals surface area contributed by atoms with Gasteiger partial charge in [-0.25, -0.2) is 0 Å². The predicted molar refractivity (Wildman–Crippen MR) is 99.8 cm³/mol. The van der Waals surface area contributed by atoms with Crippen LogP contribution < -0.4 is 10.5 Å². The van der Waals surface area contributed by atoms with Gasteiger partial charge in [0.25, 0.3) is 0 Å². The van der Waals surface area contributed by atoms with E-state index in [9.17, 15) is 4.79 Å². The van der Waals surface area contributed by atoms with Crippen molar-refractivity contribution >= 4 is 29.9 Å². The lowest BCUT2D eigenvalue weighted by atomic mass is 9.92. The molecule has 2 aromatic rings. The summed E-state index contributed by atoms with van der Waals surface area (Å²) < 4.78 is 5.61. The van der Waals surface area contributed by atoms with Gasteiger partial charge in [0.15, 0.2) is 0 Å². The van der Waals surface area contributed by atoms with E-state index in [0.717, 1.165) is 5.56 Å². The Bertz CT molecular complexity index is 663. The van der Waals surface area contributed by atoms with Crippen molar-refractivity contribution in [2.45, 2.75) is 12.5 Å². The van der Waals surface area contributed by atoms with Crippen LogP contribution in [0.25, 0.3) is 0 Å². The second-order valence-corrected chi connectivity index (χ2v) is 6.04. The Morgan fingerprint density at radius 3 is 2.50 bits per heavy atom. The zero-order valence-electron chi connectivity index (χ0n) is 13.7. The van der Waals surface area contributed by atoms with E-state index in [4.69, 9.17) is 22.1 Å². The Labute approximate surface area is 154 Å². The molecule has 0 heterocycles. The monoisotopic (exact) mass is 368 g/mol. The number of likely N-dealkylation sites (N-methyl/N-ethyl adjacent to an activating group) is 1. The highest BCUT2D eigenvalue weighted by Gasteiger charge is 2.32. The van der Waals surface area contributed by atoms with Crippen LogP contribution in [0.2, 0.25) is 5.02 Å². The van der Waals surface area contributed by atoms with E-state index in [1.54, 1.807) is 31.0 Å². The molecule has 0 aliphatic rings. The van der Waals surface area contributed by atoms with Gasteiger partial charge in [0.2, 0.25) is 5.91 Å². The third-order valence-corrected chi connectivity index (χ3v) is 3.89. The average Bonchev–Trinajstić information content (AvgIpc) is 2.55. The van der Waals surface area contributed by atoms with Crippen molar-refractivity contribution in [3.63, 3.8) is 0 Å². The van der Waals surface area contributed by atoms with E-state index < -0.39 is 5.54 Å². The molecular weight excluding hydrogens is 347 g/mol.